The van der Waals surface area contributed by atoms with Crippen LogP contribution < -0.4 is 5.32 Å². The van der Waals surface area contributed by atoms with Gasteiger partial charge in [0.2, 0.25) is 10.0 Å². The summed E-state index contributed by atoms with van der Waals surface area (Å²) in [5.74, 6) is -0.894. The summed E-state index contributed by atoms with van der Waals surface area (Å²) >= 11 is 0. The Bertz CT molecular complexity index is 1110. The fourth-order valence-corrected chi connectivity index (χ4v) is 6.72. The maximum Gasteiger partial charge on any atom is 0.308 e. The molecule has 2 aromatic rings. The molecule has 0 saturated heterocycles. The molecule has 1 aliphatic carbocycles. The van der Waals surface area contributed by atoms with E-state index in [-0.39, 0.29) is 36.4 Å². The lowest BCUT2D eigenvalue weighted by molar-refractivity contribution is -0.149. The molecule has 4 rings (SSSR count). The molecule has 1 saturated carbocycles. The van der Waals surface area contributed by atoms with E-state index in [0.717, 1.165) is 36.8 Å². The number of ether oxygens (including phenoxy) is 1. The molecule has 1 atom stereocenters. The van der Waals surface area contributed by atoms with Crippen molar-refractivity contribution in [2.24, 2.45) is 0 Å². The first-order chi connectivity index (χ1) is 16.9. The lowest BCUT2D eigenvalue weighted by Crippen LogP contribution is -2.41. The highest BCUT2D eigenvalue weighted by Gasteiger charge is 2.37. The third kappa shape index (κ3) is 6.49. The molecule has 1 unspecified atom stereocenters. The summed E-state index contributed by atoms with van der Waals surface area (Å²) in [4.78, 5) is 25.4. The number of hydrogen-bond donors (Lipinski definition) is 1. The van der Waals surface area contributed by atoms with E-state index in [1.54, 1.807) is 30.3 Å². The summed E-state index contributed by atoms with van der Waals surface area (Å²) in [5, 5.41) is 2.99. The summed E-state index contributed by atoms with van der Waals surface area (Å²) in [5.41, 5.74) is 1.82. The number of hydrogen-bond acceptors (Lipinski definition) is 5. The number of esters is 1. The Balaban J connectivity index is 1.43. The Labute approximate surface area is 207 Å². The monoisotopic (exact) mass is 498 g/mol. The lowest BCUT2D eigenvalue weighted by atomic mass is 9.92. The zero-order valence-corrected chi connectivity index (χ0v) is 20.8. The van der Waals surface area contributed by atoms with Crippen molar-refractivity contribution < 1.29 is 22.7 Å². The summed E-state index contributed by atoms with van der Waals surface area (Å²) in [7, 11) is -3.81. The zero-order valence-electron chi connectivity index (χ0n) is 20.0. The van der Waals surface area contributed by atoms with Gasteiger partial charge in [-0.15, -0.1) is 0 Å². The van der Waals surface area contributed by atoms with Gasteiger partial charge >= 0.3 is 5.97 Å². The Morgan fingerprint density at radius 1 is 0.914 bits per heavy atom. The first-order valence-corrected chi connectivity index (χ1v) is 14.0. The second kappa shape index (κ2) is 11.8. The van der Waals surface area contributed by atoms with Crippen LogP contribution in [0.3, 0.4) is 0 Å². The number of amides is 1. The molecule has 1 N–H and O–H groups in total. The molecular formula is C27H34N2O5S. The van der Waals surface area contributed by atoms with Gasteiger partial charge in [-0.05, 0) is 42.5 Å². The average molecular weight is 499 g/mol. The van der Waals surface area contributed by atoms with Crippen LogP contribution >= 0.6 is 0 Å². The van der Waals surface area contributed by atoms with Gasteiger partial charge in [-0.1, -0.05) is 74.6 Å². The van der Waals surface area contributed by atoms with Gasteiger partial charge in [0.1, 0.15) is 0 Å². The molecular weight excluding hydrogens is 464 g/mol. The lowest BCUT2D eigenvalue weighted by Gasteiger charge is -2.36. The van der Waals surface area contributed by atoms with Crippen molar-refractivity contribution in [1.29, 1.82) is 0 Å². The van der Waals surface area contributed by atoms with Crippen molar-refractivity contribution in [2.75, 3.05) is 13.2 Å². The zero-order chi connectivity index (χ0) is 24.7. The van der Waals surface area contributed by atoms with E-state index in [1.165, 1.54) is 23.6 Å². The minimum Gasteiger partial charge on any atom is -0.456 e. The van der Waals surface area contributed by atoms with E-state index in [9.17, 15) is 18.0 Å². The number of carbonyl (C=O) groups is 2. The Morgan fingerprint density at radius 2 is 1.57 bits per heavy atom. The number of carbonyl (C=O) groups excluding carboxylic acids is 2. The number of sulfonamides is 1. The minimum atomic E-state index is -3.81. The molecule has 7 nitrogen and oxygen atoms in total. The van der Waals surface area contributed by atoms with Gasteiger partial charge in [0.25, 0.3) is 5.91 Å². The third-order valence-corrected chi connectivity index (χ3v) is 8.83. The standard InChI is InChI=1S/C27H34N2O5S/c30-26(28-22-12-5-2-1-3-6-13-22)20-34-27(31)19-25-24-16-10-9-11-21(24)17-18-29(25)35(32,33)23-14-7-4-8-15-23/h4,7-11,14-16,22,25H,1-3,5-6,12-13,17-20H2,(H,28,30). The number of fused-ring (bicyclic) bond motifs is 1. The molecule has 2 aromatic carbocycles. The quantitative estimate of drug-likeness (QED) is 0.580. The van der Waals surface area contributed by atoms with Crippen molar-refractivity contribution in [3.63, 3.8) is 0 Å². The van der Waals surface area contributed by atoms with E-state index < -0.39 is 22.0 Å². The van der Waals surface area contributed by atoms with Crippen LogP contribution in [0.1, 0.15) is 68.5 Å². The first kappa shape index (κ1) is 25.4. The first-order valence-electron chi connectivity index (χ1n) is 12.5. The molecule has 1 aliphatic heterocycles. The van der Waals surface area contributed by atoms with Crippen LogP contribution in [-0.2, 0) is 30.8 Å². The molecule has 35 heavy (non-hydrogen) atoms. The molecule has 1 heterocycles. The topological polar surface area (TPSA) is 92.8 Å². The van der Waals surface area contributed by atoms with Gasteiger partial charge in [0, 0.05) is 12.6 Å². The van der Waals surface area contributed by atoms with Crippen molar-refractivity contribution in [3.8, 4) is 0 Å². The van der Waals surface area contributed by atoms with Gasteiger partial charge in [-0.2, -0.15) is 4.31 Å². The van der Waals surface area contributed by atoms with E-state index in [4.69, 9.17) is 4.74 Å². The molecule has 1 fully saturated rings. The normalized spacial score (nSPS) is 19.7. The molecule has 2 aliphatic rings. The number of nitrogens with zero attached hydrogens (tertiary/aromatic N) is 1. The predicted molar refractivity (Wildman–Crippen MR) is 133 cm³/mol. The second-order valence-corrected chi connectivity index (χ2v) is 11.3. The van der Waals surface area contributed by atoms with Crippen molar-refractivity contribution >= 4 is 21.9 Å². The largest absolute Gasteiger partial charge is 0.456 e. The fourth-order valence-electron chi connectivity index (χ4n) is 5.09. The smallest absolute Gasteiger partial charge is 0.308 e. The molecule has 0 bridgehead atoms. The molecule has 188 valence electrons. The van der Waals surface area contributed by atoms with E-state index in [0.29, 0.717) is 6.42 Å². The SMILES string of the molecule is O=C(COC(=O)CC1c2ccccc2CCN1S(=O)(=O)c1ccccc1)NC1CCCCCCC1. The highest BCUT2D eigenvalue weighted by Crippen LogP contribution is 2.36. The van der Waals surface area contributed by atoms with Gasteiger partial charge in [0.15, 0.2) is 6.61 Å². The number of benzene rings is 2. The van der Waals surface area contributed by atoms with Crippen molar-refractivity contribution in [1.82, 2.24) is 9.62 Å². The predicted octanol–water partition coefficient (Wildman–Crippen LogP) is 4.14. The van der Waals surface area contributed by atoms with Gasteiger partial charge in [-0.25, -0.2) is 8.42 Å². The third-order valence-electron chi connectivity index (χ3n) is 6.91. The van der Waals surface area contributed by atoms with Crippen LogP contribution in [0.2, 0.25) is 0 Å². The van der Waals surface area contributed by atoms with Gasteiger partial charge in [0.05, 0.1) is 17.4 Å². The number of rotatable bonds is 7. The number of nitrogens with one attached hydrogen (secondary N) is 1. The molecule has 1 amide bonds. The second-order valence-electron chi connectivity index (χ2n) is 9.37. The average Bonchev–Trinajstić information content (AvgIpc) is 2.85. The van der Waals surface area contributed by atoms with Crippen LogP contribution in [-0.4, -0.2) is 43.8 Å². The van der Waals surface area contributed by atoms with E-state index in [2.05, 4.69) is 5.32 Å². The summed E-state index contributed by atoms with van der Waals surface area (Å²) in [6.07, 6.45) is 8.13. The van der Waals surface area contributed by atoms with Gasteiger partial charge < -0.3 is 10.1 Å². The highest BCUT2D eigenvalue weighted by atomic mass is 32.2. The Morgan fingerprint density at radius 3 is 2.31 bits per heavy atom. The van der Waals surface area contributed by atoms with Gasteiger partial charge in [-0.3, -0.25) is 9.59 Å². The van der Waals surface area contributed by atoms with Crippen LogP contribution in [0.5, 0.6) is 0 Å². The summed E-state index contributed by atoms with van der Waals surface area (Å²) in [6.45, 7) is -0.0799. The maximum atomic E-state index is 13.4. The van der Waals surface area contributed by atoms with E-state index >= 15 is 0 Å². The van der Waals surface area contributed by atoms with Crippen LogP contribution in [0.15, 0.2) is 59.5 Å². The van der Waals surface area contributed by atoms with E-state index in [1.807, 2.05) is 24.3 Å². The minimum absolute atomic E-state index is 0.123. The highest BCUT2D eigenvalue weighted by molar-refractivity contribution is 7.89. The van der Waals surface area contributed by atoms with Crippen LogP contribution in [0, 0.1) is 0 Å². The maximum absolute atomic E-state index is 13.4. The fraction of sp³-hybridized carbons (Fsp3) is 0.481. The molecule has 0 radical (unpaired) electrons. The summed E-state index contributed by atoms with van der Waals surface area (Å²) < 4.78 is 33.6. The Kier molecular flexibility index (Phi) is 8.57. The molecule has 8 heteroatoms. The molecule has 0 spiro atoms. The van der Waals surface area contributed by atoms with Crippen molar-refractivity contribution in [2.45, 2.75) is 74.8 Å². The van der Waals surface area contributed by atoms with Crippen molar-refractivity contribution in [3.05, 3.63) is 65.7 Å². The van der Waals surface area contributed by atoms with Crippen LogP contribution in [0.4, 0.5) is 0 Å². The van der Waals surface area contributed by atoms with Crippen LogP contribution in [0.25, 0.3) is 0 Å². The summed E-state index contributed by atoms with van der Waals surface area (Å²) in [6, 6.07) is 15.3. The molecule has 0 aromatic heterocycles. The Hall–Kier alpha value is -2.71.